The minimum atomic E-state index is -0.759. The Bertz CT molecular complexity index is 949. The summed E-state index contributed by atoms with van der Waals surface area (Å²) in [6.07, 6.45) is -0.659. The van der Waals surface area contributed by atoms with Gasteiger partial charge in [-0.1, -0.05) is 50.2 Å². The molecule has 3 N–H and O–H groups in total. The van der Waals surface area contributed by atoms with E-state index >= 15 is 0 Å². The molecule has 9 heteroatoms. The Hall–Kier alpha value is -3.75. The molecule has 0 aliphatic carbocycles. The van der Waals surface area contributed by atoms with E-state index in [4.69, 9.17) is 14.2 Å². The van der Waals surface area contributed by atoms with Crippen molar-refractivity contribution in [3.05, 3.63) is 59.7 Å². The maximum absolute atomic E-state index is 12.7. The molecule has 3 amide bonds. The molecule has 0 saturated heterocycles. The molecule has 2 aromatic rings. The molecule has 0 unspecified atom stereocenters. The number of carbonyl (C=O) groups is 3. The van der Waals surface area contributed by atoms with E-state index in [-0.39, 0.29) is 37.5 Å². The predicted molar refractivity (Wildman–Crippen MR) is 127 cm³/mol. The minimum absolute atomic E-state index is 0.118. The molecule has 184 valence electrons. The van der Waals surface area contributed by atoms with Crippen LogP contribution in [0.2, 0.25) is 0 Å². The third-order valence-electron chi connectivity index (χ3n) is 4.86. The minimum Gasteiger partial charge on any atom is -0.493 e. The van der Waals surface area contributed by atoms with Gasteiger partial charge >= 0.3 is 6.09 Å². The van der Waals surface area contributed by atoms with Gasteiger partial charge in [0.1, 0.15) is 12.6 Å². The molecular weight excluding hydrogens is 438 g/mol. The lowest BCUT2D eigenvalue weighted by Gasteiger charge is -2.21. The Morgan fingerprint density at radius 2 is 1.68 bits per heavy atom. The summed E-state index contributed by atoms with van der Waals surface area (Å²) in [6.45, 7) is 6.24. The third kappa shape index (κ3) is 8.65. The number of hydrogen-bond donors (Lipinski definition) is 3. The number of methoxy groups -OCH3 is 1. The van der Waals surface area contributed by atoms with Crippen LogP contribution in [0, 0.1) is 5.92 Å². The second kappa shape index (κ2) is 13.7. The van der Waals surface area contributed by atoms with E-state index in [0.717, 1.165) is 11.1 Å². The number of amides is 3. The van der Waals surface area contributed by atoms with Gasteiger partial charge in [0.05, 0.1) is 7.11 Å². The van der Waals surface area contributed by atoms with Crippen molar-refractivity contribution in [2.24, 2.45) is 5.92 Å². The SMILES string of the molecule is CCNC(=O)COc1ccc(CNC(=O)[C@@H](NC(=O)OCc2ccccc2)C(C)C)cc1OC. The van der Waals surface area contributed by atoms with Crippen LogP contribution in [0.1, 0.15) is 31.9 Å². The number of hydrogen-bond acceptors (Lipinski definition) is 6. The van der Waals surface area contributed by atoms with Gasteiger partial charge in [0.15, 0.2) is 18.1 Å². The zero-order valence-corrected chi connectivity index (χ0v) is 20.1. The normalized spacial score (nSPS) is 11.3. The fraction of sp³-hybridized carbons (Fsp3) is 0.400. The second-order valence-electron chi connectivity index (χ2n) is 7.87. The largest absolute Gasteiger partial charge is 0.493 e. The quantitative estimate of drug-likeness (QED) is 0.439. The van der Waals surface area contributed by atoms with Gasteiger partial charge in [-0.15, -0.1) is 0 Å². The molecule has 0 saturated carbocycles. The number of carbonyl (C=O) groups excluding carboxylic acids is 3. The van der Waals surface area contributed by atoms with Crippen LogP contribution in [0.4, 0.5) is 4.79 Å². The van der Waals surface area contributed by atoms with Gasteiger partial charge in [-0.3, -0.25) is 9.59 Å². The molecule has 0 spiro atoms. The maximum Gasteiger partial charge on any atom is 0.408 e. The molecule has 0 aliphatic rings. The zero-order valence-electron chi connectivity index (χ0n) is 20.1. The number of likely N-dealkylation sites (N-methyl/N-ethyl adjacent to an activating group) is 1. The summed E-state index contributed by atoms with van der Waals surface area (Å²) in [6, 6.07) is 13.7. The second-order valence-corrected chi connectivity index (χ2v) is 7.87. The lowest BCUT2D eigenvalue weighted by Crippen LogP contribution is -2.49. The third-order valence-corrected chi connectivity index (χ3v) is 4.86. The van der Waals surface area contributed by atoms with E-state index in [9.17, 15) is 14.4 Å². The van der Waals surface area contributed by atoms with Gasteiger partial charge in [0, 0.05) is 13.1 Å². The summed E-state index contributed by atoms with van der Waals surface area (Å²) < 4.78 is 16.1. The Kier molecular flexibility index (Phi) is 10.7. The fourth-order valence-corrected chi connectivity index (χ4v) is 3.06. The first-order chi connectivity index (χ1) is 16.3. The monoisotopic (exact) mass is 471 g/mol. The average Bonchev–Trinajstić information content (AvgIpc) is 2.84. The molecule has 34 heavy (non-hydrogen) atoms. The number of benzene rings is 2. The van der Waals surface area contributed by atoms with Crippen molar-refractivity contribution in [2.45, 2.75) is 40.0 Å². The molecule has 9 nitrogen and oxygen atoms in total. The van der Waals surface area contributed by atoms with Crippen molar-refractivity contribution in [3.63, 3.8) is 0 Å². The van der Waals surface area contributed by atoms with Gasteiger partial charge in [0.2, 0.25) is 5.91 Å². The van der Waals surface area contributed by atoms with Gasteiger partial charge in [0.25, 0.3) is 5.91 Å². The summed E-state index contributed by atoms with van der Waals surface area (Å²) in [4.78, 5) is 36.6. The summed E-state index contributed by atoms with van der Waals surface area (Å²) in [5, 5.41) is 8.12. The Labute approximate surface area is 200 Å². The van der Waals surface area contributed by atoms with Crippen molar-refractivity contribution >= 4 is 17.9 Å². The van der Waals surface area contributed by atoms with Gasteiger partial charge in [-0.25, -0.2) is 4.79 Å². The zero-order chi connectivity index (χ0) is 24.9. The lowest BCUT2D eigenvalue weighted by molar-refractivity contribution is -0.124. The van der Waals surface area contributed by atoms with Gasteiger partial charge in [-0.05, 0) is 36.1 Å². The van der Waals surface area contributed by atoms with Crippen LogP contribution < -0.4 is 25.4 Å². The van der Waals surface area contributed by atoms with E-state index in [0.29, 0.717) is 18.0 Å². The summed E-state index contributed by atoms with van der Waals surface area (Å²) in [7, 11) is 1.50. The number of ether oxygens (including phenoxy) is 3. The van der Waals surface area contributed by atoms with Crippen LogP contribution in [0.3, 0.4) is 0 Å². The van der Waals surface area contributed by atoms with Crippen LogP contribution in [0.5, 0.6) is 11.5 Å². The van der Waals surface area contributed by atoms with Crippen LogP contribution in [0.25, 0.3) is 0 Å². The highest BCUT2D eigenvalue weighted by Crippen LogP contribution is 2.28. The van der Waals surface area contributed by atoms with E-state index in [1.165, 1.54) is 7.11 Å². The molecular formula is C25H33N3O6. The summed E-state index contributed by atoms with van der Waals surface area (Å²) in [5.74, 6) is 0.159. The van der Waals surface area contributed by atoms with Crippen molar-refractivity contribution in [1.29, 1.82) is 0 Å². The molecule has 2 aromatic carbocycles. The molecule has 0 fully saturated rings. The van der Waals surface area contributed by atoms with Crippen LogP contribution in [-0.2, 0) is 27.5 Å². The standard InChI is InChI=1S/C25H33N3O6/c1-5-26-22(29)16-33-20-12-11-19(13-21(20)32-4)14-27-24(30)23(17(2)3)28-25(31)34-15-18-9-7-6-8-10-18/h6-13,17,23H,5,14-16H2,1-4H3,(H,26,29)(H,27,30)(H,28,31)/t23-/m0/s1. The predicted octanol–water partition coefficient (Wildman–Crippen LogP) is 2.78. The number of nitrogens with one attached hydrogen (secondary N) is 3. The van der Waals surface area contributed by atoms with E-state index in [2.05, 4.69) is 16.0 Å². The van der Waals surface area contributed by atoms with Crippen molar-refractivity contribution in [3.8, 4) is 11.5 Å². The summed E-state index contributed by atoms with van der Waals surface area (Å²) in [5.41, 5.74) is 1.63. The van der Waals surface area contributed by atoms with E-state index in [1.54, 1.807) is 18.2 Å². The first-order valence-electron chi connectivity index (χ1n) is 11.1. The first kappa shape index (κ1) is 26.5. The van der Waals surface area contributed by atoms with Crippen LogP contribution >= 0.6 is 0 Å². The summed E-state index contributed by atoms with van der Waals surface area (Å²) >= 11 is 0. The molecule has 0 bridgehead atoms. The van der Waals surface area contributed by atoms with Crippen LogP contribution in [0.15, 0.2) is 48.5 Å². The number of alkyl carbamates (subject to hydrolysis) is 1. The van der Waals surface area contributed by atoms with Gasteiger partial charge in [-0.2, -0.15) is 0 Å². The molecule has 2 rings (SSSR count). The fourth-order valence-electron chi connectivity index (χ4n) is 3.06. The van der Waals surface area contributed by atoms with E-state index < -0.39 is 12.1 Å². The topological polar surface area (TPSA) is 115 Å². The Morgan fingerprint density at radius 1 is 0.941 bits per heavy atom. The molecule has 0 aliphatic heterocycles. The Balaban J connectivity index is 1.90. The van der Waals surface area contributed by atoms with Crippen molar-refractivity contribution in [2.75, 3.05) is 20.3 Å². The highest BCUT2D eigenvalue weighted by Gasteiger charge is 2.24. The van der Waals surface area contributed by atoms with Gasteiger partial charge < -0.3 is 30.2 Å². The molecule has 0 aromatic heterocycles. The first-order valence-corrected chi connectivity index (χ1v) is 11.1. The highest BCUT2D eigenvalue weighted by molar-refractivity contribution is 5.85. The maximum atomic E-state index is 12.7. The van der Waals surface area contributed by atoms with Crippen LogP contribution in [-0.4, -0.2) is 44.2 Å². The average molecular weight is 472 g/mol. The highest BCUT2D eigenvalue weighted by atomic mass is 16.5. The van der Waals surface area contributed by atoms with Crippen molar-refractivity contribution in [1.82, 2.24) is 16.0 Å². The molecule has 1 atom stereocenters. The van der Waals surface area contributed by atoms with Crippen molar-refractivity contribution < 1.29 is 28.6 Å². The molecule has 0 radical (unpaired) electrons. The molecule has 0 heterocycles. The lowest BCUT2D eigenvalue weighted by atomic mass is 10.0. The smallest absolute Gasteiger partial charge is 0.408 e. The number of rotatable bonds is 12. The Morgan fingerprint density at radius 3 is 2.32 bits per heavy atom. The van der Waals surface area contributed by atoms with E-state index in [1.807, 2.05) is 51.1 Å².